The normalized spacial score (nSPS) is 13.3. The monoisotopic (exact) mass is 313 g/mol. The minimum absolute atomic E-state index is 0.000919. The Morgan fingerprint density at radius 1 is 1.38 bits per heavy atom. The summed E-state index contributed by atoms with van der Waals surface area (Å²) in [5, 5.41) is 25.4. The van der Waals surface area contributed by atoms with Crippen LogP contribution >= 0.6 is 0 Å². The van der Waals surface area contributed by atoms with Gasteiger partial charge in [0.1, 0.15) is 0 Å². The summed E-state index contributed by atoms with van der Waals surface area (Å²) >= 11 is 0. The van der Waals surface area contributed by atoms with E-state index in [0.29, 0.717) is 11.5 Å². The average molecular weight is 313 g/mol. The Labute approximate surface area is 121 Å². The number of aliphatic hydroxyl groups excluding tert-OH is 2. The highest BCUT2D eigenvalue weighted by molar-refractivity contribution is 7.89. The second-order valence-electron chi connectivity index (χ2n) is 4.34. The largest absolute Gasteiger partial charge is 0.421 e. The standard InChI is InChI=1S/C12H15N3O5S/c1-8-14-15-12(20-8)9-3-2-4-11(5-9)21(18,19)13-6-10(17)7-16/h2-5,10,13,16-17H,6-7H2,1H3/t10-/m1/s1. The van der Waals surface area contributed by atoms with Crippen LogP contribution in [-0.2, 0) is 10.0 Å². The average Bonchev–Trinajstić information content (AvgIpc) is 2.91. The second kappa shape index (κ2) is 6.31. The predicted octanol–water partition coefficient (Wildman–Crippen LogP) is -0.323. The molecule has 0 fully saturated rings. The van der Waals surface area contributed by atoms with Gasteiger partial charge in [0.05, 0.1) is 17.6 Å². The third kappa shape index (κ3) is 3.85. The van der Waals surface area contributed by atoms with Gasteiger partial charge in [-0.1, -0.05) is 6.07 Å². The smallest absolute Gasteiger partial charge is 0.247 e. The molecule has 0 aliphatic carbocycles. The summed E-state index contributed by atoms with van der Waals surface area (Å²) < 4.78 is 31.6. The Hall–Kier alpha value is -1.81. The molecular weight excluding hydrogens is 298 g/mol. The molecule has 1 atom stereocenters. The first kappa shape index (κ1) is 15.6. The zero-order valence-corrected chi connectivity index (χ0v) is 12.0. The van der Waals surface area contributed by atoms with Crippen molar-refractivity contribution in [3.8, 4) is 11.5 Å². The quantitative estimate of drug-likeness (QED) is 0.667. The van der Waals surface area contributed by atoms with E-state index in [1.807, 2.05) is 0 Å². The van der Waals surface area contributed by atoms with Gasteiger partial charge in [-0.2, -0.15) is 0 Å². The van der Waals surface area contributed by atoms with E-state index in [2.05, 4.69) is 14.9 Å². The van der Waals surface area contributed by atoms with Crippen LogP contribution in [0.1, 0.15) is 5.89 Å². The fraction of sp³-hybridized carbons (Fsp3) is 0.333. The number of benzene rings is 1. The summed E-state index contributed by atoms with van der Waals surface area (Å²) in [7, 11) is -3.80. The van der Waals surface area contributed by atoms with Gasteiger partial charge in [0.25, 0.3) is 0 Å². The van der Waals surface area contributed by atoms with Crippen molar-refractivity contribution in [1.29, 1.82) is 0 Å². The zero-order chi connectivity index (χ0) is 15.5. The molecule has 2 rings (SSSR count). The van der Waals surface area contributed by atoms with Gasteiger partial charge in [0.15, 0.2) is 0 Å². The van der Waals surface area contributed by atoms with Crippen molar-refractivity contribution in [2.45, 2.75) is 17.9 Å². The molecule has 0 unspecified atom stereocenters. The zero-order valence-electron chi connectivity index (χ0n) is 11.2. The lowest BCUT2D eigenvalue weighted by Gasteiger charge is -2.10. The van der Waals surface area contributed by atoms with Gasteiger partial charge in [0.2, 0.25) is 21.8 Å². The van der Waals surface area contributed by atoms with Crippen molar-refractivity contribution in [1.82, 2.24) is 14.9 Å². The molecule has 3 N–H and O–H groups in total. The highest BCUT2D eigenvalue weighted by atomic mass is 32.2. The Morgan fingerprint density at radius 2 is 2.14 bits per heavy atom. The molecule has 0 bridgehead atoms. The molecule has 21 heavy (non-hydrogen) atoms. The highest BCUT2D eigenvalue weighted by Crippen LogP contribution is 2.21. The minimum Gasteiger partial charge on any atom is -0.421 e. The lowest BCUT2D eigenvalue weighted by molar-refractivity contribution is 0.0988. The van der Waals surface area contributed by atoms with Gasteiger partial charge in [-0.3, -0.25) is 0 Å². The van der Waals surface area contributed by atoms with Crippen molar-refractivity contribution < 1.29 is 23.0 Å². The van der Waals surface area contributed by atoms with Gasteiger partial charge in [0, 0.05) is 19.0 Å². The summed E-state index contributed by atoms with van der Waals surface area (Å²) in [4.78, 5) is 0.000919. The molecule has 0 spiro atoms. The maximum atomic E-state index is 12.1. The first-order chi connectivity index (χ1) is 9.92. The summed E-state index contributed by atoms with van der Waals surface area (Å²) in [6.07, 6.45) is -1.15. The molecular formula is C12H15N3O5S. The fourth-order valence-electron chi connectivity index (χ4n) is 1.56. The van der Waals surface area contributed by atoms with Gasteiger partial charge in [-0.05, 0) is 18.2 Å². The topological polar surface area (TPSA) is 126 Å². The third-order valence-electron chi connectivity index (χ3n) is 2.64. The summed E-state index contributed by atoms with van der Waals surface area (Å²) in [6, 6.07) is 5.99. The Morgan fingerprint density at radius 3 is 2.76 bits per heavy atom. The number of nitrogens with zero attached hydrogens (tertiary/aromatic N) is 2. The van der Waals surface area contributed by atoms with Gasteiger partial charge >= 0.3 is 0 Å². The van der Waals surface area contributed by atoms with Crippen LogP contribution in [0.15, 0.2) is 33.6 Å². The lowest BCUT2D eigenvalue weighted by atomic mass is 10.2. The van der Waals surface area contributed by atoms with Crippen LogP contribution < -0.4 is 4.72 Å². The molecule has 1 heterocycles. The molecule has 0 amide bonds. The van der Waals surface area contributed by atoms with E-state index < -0.39 is 22.7 Å². The molecule has 0 saturated carbocycles. The Bertz CT molecular complexity index is 713. The summed E-state index contributed by atoms with van der Waals surface area (Å²) in [5.41, 5.74) is 0.473. The number of aliphatic hydroxyl groups is 2. The second-order valence-corrected chi connectivity index (χ2v) is 6.11. The highest BCUT2D eigenvalue weighted by Gasteiger charge is 2.17. The molecule has 2 aromatic rings. The molecule has 114 valence electrons. The predicted molar refractivity (Wildman–Crippen MR) is 72.8 cm³/mol. The maximum absolute atomic E-state index is 12.1. The molecule has 1 aromatic carbocycles. The molecule has 0 aliphatic heterocycles. The van der Waals surface area contributed by atoms with Crippen LogP contribution in [0, 0.1) is 6.92 Å². The SMILES string of the molecule is Cc1nnc(-c2cccc(S(=O)(=O)NC[C@@H](O)CO)c2)o1. The van der Waals surface area contributed by atoms with Crippen LogP contribution in [-0.4, -0.2) is 48.1 Å². The minimum atomic E-state index is -3.80. The van der Waals surface area contributed by atoms with Crippen LogP contribution in [0.5, 0.6) is 0 Å². The number of nitrogens with one attached hydrogen (secondary N) is 1. The van der Waals surface area contributed by atoms with Gasteiger partial charge < -0.3 is 14.6 Å². The van der Waals surface area contributed by atoms with Crippen LogP contribution in [0.3, 0.4) is 0 Å². The number of aryl methyl sites for hydroxylation is 1. The first-order valence-corrected chi connectivity index (χ1v) is 7.60. The van der Waals surface area contributed by atoms with Gasteiger partial charge in [-0.15, -0.1) is 10.2 Å². The van der Waals surface area contributed by atoms with Gasteiger partial charge in [-0.25, -0.2) is 13.1 Å². The number of rotatable bonds is 6. The molecule has 0 radical (unpaired) electrons. The molecule has 9 heteroatoms. The number of hydrogen-bond donors (Lipinski definition) is 3. The number of hydrogen-bond acceptors (Lipinski definition) is 7. The lowest BCUT2D eigenvalue weighted by Crippen LogP contribution is -2.33. The third-order valence-corrected chi connectivity index (χ3v) is 4.06. The van der Waals surface area contributed by atoms with E-state index in [1.54, 1.807) is 19.1 Å². The van der Waals surface area contributed by atoms with E-state index >= 15 is 0 Å². The van der Waals surface area contributed by atoms with Crippen molar-refractivity contribution >= 4 is 10.0 Å². The van der Waals surface area contributed by atoms with Crippen molar-refractivity contribution in [3.05, 3.63) is 30.2 Å². The van der Waals surface area contributed by atoms with E-state index in [9.17, 15) is 13.5 Å². The van der Waals surface area contributed by atoms with E-state index in [1.165, 1.54) is 12.1 Å². The maximum Gasteiger partial charge on any atom is 0.247 e. The number of sulfonamides is 1. The molecule has 1 aromatic heterocycles. The number of aromatic nitrogens is 2. The van der Waals surface area contributed by atoms with E-state index in [-0.39, 0.29) is 17.3 Å². The Kier molecular flexibility index (Phi) is 4.68. The van der Waals surface area contributed by atoms with Crippen molar-refractivity contribution in [3.63, 3.8) is 0 Å². The molecule has 8 nitrogen and oxygen atoms in total. The van der Waals surface area contributed by atoms with Crippen LogP contribution in [0.2, 0.25) is 0 Å². The fourth-order valence-corrected chi connectivity index (χ4v) is 2.68. The summed E-state index contributed by atoms with van der Waals surface area (Å²) in [5.74, 6) is 0.599. The van der Waals surface area contributed by atoms with E-state index in [0.717, 1.165) is 0 Å². The summed E-state index contributed by atoms with van der Waals surface area (Å²) in [6.45, 7) is 0.835. The van der Waals surface area contributed by atoms with Crippen LogP contribution in [0.25, 0.3) is 11.5 Å². The van der Waals surface area contributed by atoms with E-state index in [4.69, 9.17) is 9.52 Å². The molecule has 0 saturated heterocycles. The first-order valence-electron chi connectivity index (χ1n) is 6.11. The Balaban J connectivity index is 2.24. The van der Waals surface area contributed by atoms with Crippen molar-refractivity contribution in [2.24, 2.45) is 0 Å². The van der Waals surface area contributed by atoms with Crippen molar-refractivity contribution in [2.75, 3.05) is 13.2 Å². The van der Waals surface area contributed by atoms with Crippen LogP contribution in [0.4, 0.5) is 0 Å². The molecule has 0 aliphatic rings.